The van der Waals surface area contributed by atoms with Gasteiger partial charge in [0.1, 0.15) is 5.75 Å². The quantitative estimate of drug-likeness (QED) is 0.547. The molecule has 3 nitrogen and oxygen atoms in total. The summed E-state index contributed by atoms with van der Waals surface area (Å²) in [5.41, 5.74) is 0.498. The average Bonchev–Trinajstić information content (AvgIpc) is 2.75. The molecule has 174 valence electrons. The smallest absolute Gasteiger partial charge is 0.416 e. The summed E-state index contributed by atoms with van der Waals surface area (Å²) in [6.45, 7) is 2.28. The molecule has 0 aromatic heterocycles. The zero-order valence-electron chi connectivity index (χ0n) is 18.0. The van der Waals surface area contributed by atoms with E-state index in [1.54, 1.807) is 0 Å². The van der Waals surface area contributed by atoms with E-state index in [9.17, 15) is 18.3 Å². The van der Waals surface area contributed by atoms with Crippen molar-refractivity contribution in [1.82, 2.24) is 4.90 Å². The topological polar surface area (TPSA) is 32.7 Å². The number of aliphatic hydroxyl groups is 1. The van der Waals surface area contributed by atoms with Gasteiger partial charge in [0, 0.05) is 28.9 Å². The summed E-state index contributed by atoms with van der Waals surface area (Å²) in [6, 6.07) is 12.9. The second kappa shape index (κ2) is 9.62. The second-order valence-electron chi connectivity index (χ2n) is 9.05. The van der Waals surface area contributed by atoms with Crippen molar-refractivity contribution in [2.75, 3.05) is 26.3 Å². The molecule has 1 saturated heterocycles. The van der Waals surface area contributed by atoms with Gasteiger partial charge >= 0.3 is 6.18 Å². The van der Waals surface area contributed by atoms with E-state index in [0.717, 1.165) is 57.3 Å². The number of hydrogen-bond acceptors (Lipinski definition) is 3. The van der Waals surface area contributed by atoms with Gasteiger partial charge in [0.05, 0.1) is 18.8 Å². The van der Waals surface area contributed by atoms with Crippen LogP contribution in [0.3, 0.4) is 0 Å². The normalized spacial score (nSPS) is 22.2. The molecule has 1 aliphatic heterocycles. The predicted molar refractivity (Wildman–Crippen MR) is 119 cm³/mol. The Hall–Kier alpha value is -1.76. The molecule has 2 aromatic rings. The molecule has 0 radical (unpaired) electrons. The van der Waals surface area contributed by atoms with Gasteiger partial charge < -0.3 is 9.84 Å². The van der Waals surface area contributed by atoms with E-state index >= 15 is 0 Å². The maximum absolute atomic E-state index is 12.7. The van der Waals surface area contributed by atoms with Crippen molar-refractivity contribution in [1.29, 1.82) is 0 Å². The highest BCUT2D eigenvalue weighted by Gasteiger charge is 2.48. The van der Waals surface area contributed by atoms with Crippen LogP contribution in [-0.4, -0.2) is 42.4 Å². The van der Waals surface area contributed by atoms with Crippen LogP contribution in [0, 0.1) is 5.92 Å². The number of likely N-dealkylation sites (tertiary alicyclic amines) is 1. The summed E-state index contributed by atoms with van der Waals surface area (Å²) in [5, 5.41) is 11.1. The van der Waals surface area contributed by atoms with E-state index in [1.807, 2.05) is 12.1 Å². The summed E-state index contributed by atoms with van der Waals surface area (Å²) in [5.74, 6) is 0.716. The highest BCUT2D eigenvalue weighted by Crippen LogP contribution is 2.48. The minimum atomic E-state index is -4.34. The lowest BCUT2D eigenvalue weighted by molar-refractivity contribution is -0.137. The fraction of sp³-hybridized carbons (Fsp3) is 0.520. The van der Waals surface area contributed by atoms with E-state index in [0.29, 0.717) is 17.4 Å². The number of nitrogens with zero attached hydrogens (tertiary/aromatic N) is 1. The number of benzene rings is 2. The van der Waals surface area contributed by atoms with Crippen LogP contribution in [0.25, 0.3) is 0 Å². The van der Waals surface area contributed by atoms with Gasteiger partial charge in [-0.3, -0.25) is 4.90 Å². The first-order valence-corrected chi connectivity index (χ1v) is 11.6. The Labute approximate surface area is 192 Å². The molecule has 2 fully saturated rings. The lowest BCUT2D eigenvalue weighted by Crippen LogP contribution is -2.58. The van der Waals surface area contributed by atoms with E-state index in [1.165, 1.54) is 17.7 Å². The van der Waals surface area contributed by atoms with Crippen LogP contribution < -0.4 is 4.74 Å². The van der Waals surface area contributed by atoms with Gasteiger partial charge in [0.2, 0.25) is 0 Å². The fourth-order valence-electron chi connectivity index (χ4n) is 5.26. The highest BCUT2D eigenvalue weighted by atomic mass is 35.5. The van der Waals surface area contributed by atoms with Gasteiger partial charge in [-0.1, -0.05) is 30.2 Å². The summed E-state index contributed by atoms with van der Waals surface area (Å²) < 4.78 is 44.1. The molecule has 1 heterocycles. The Kier molecular flexibility index (Phi) is 7.03. The number of alkyl halides is 3. The first-order chi connectivity index (χ1) is 15.3. The molecule has 0 spiro atoms. The molecule has 2 aromatic carbocycles. The van der Waals surface area contributed by atoms with Gasteiger partial charge in [-0.05, 0) is 74.2 Å². The number of ether oxygens (including phenoxy) is 1. The monoisotopic (exact) mass is 467 g/mol. The Balaban J connectivity index is 1.40. The van der Waals surface area contributed by atoms with Crippen LogP contribution in [0.5, 0.6) is 5.75 Å². The average molecular weight is 468 g/mol. The molecular weight excluding hydrogens is 439 g/mol. The Morgan fingerprint density at radius 1 is 1.06 bits per heavy atom. The van der Waals surface area contributed by atoms with Gasteiger partial charge in [-0.15, -0.1) is 0 Å². The van der Waals surface area contributed by atoms with Crippen molar-refractivity contribution in [3.8, 4) is 5.75 Å². The van der Waals surface area contributed by atoms with E-state index in [4.69, 9.17) is 16.3 Å². The molecule has 7 heteroatoms. The number of piperidine rings is 1. The lowest BCUT2D eigenvalue weighted by Gasteiger charge is -2.53. The Morgan fingerprint density at radius 2 is 1.75 bits per heavy atom. The maximum Gasteiger partial charge on any atom is 0.416 e. The summed E-state index contributed by atoms with van der Waals surface area (Å²) in [6.07, 6.45) is 0.903. The Morgan fingerprint density at radius 3 is 2.31 bits per heavy atom. The highest BCUT2D eigenvalue weighted by molar-refractivity contribution is 6.30. The summed E-state index contributed by atoms with van der Waals surface area (Å²) in [4.78, 5) is 2.39. The van der Waals surface area contributed by atoms with E-state index in [2.05, 4.69) is 17.0 Å². The molecule has 1 saturated carbocycles. The molecule has 32 heavy (non-hydrogen) atoms. The van der Waals surface area contributed by atoms with Gasteiger partial charge in [0.25, 0.3) is 0 Å². The number of aliphatic hydroxyl groups excluding tert-OH is 1. The van der Waals surface area contributed by atoms with Crippen molar-refractivity contribution in [3.05, 3.63) is 64.7 Å². The zero-order chi connectivity index (χ0) is 22.8. The molecule has 2 aliphatic rings. The molecule has 0 amide bonds. The van der Waals surface area contributed by atoms with Crippen LogP contribution in [0.1, 0.15) is 43.2 Å². The predicted octanol–water partition coefficient (Wildman–Crippen LogP) is 5.93. The van der Waals surface area contributed by atoms with Gasteiger partial charge in [-0.2, -0.15) is 13.2 Å². The molecular formula is C25H29ClF3NO2. The van der Waals surface area contributed by atoms with Crippen LogP contribution in [-0.2, 0) is 11.6 Å². The molecule has 2 atom stereocenters. The zero-order valence-corrected chi connectivity index (χ0v) is 18.7. The van der Waals surface area contributed by atoms with Crippen molar-refractivity contribution < 1.29 is 23.0 Å². The molecule has 0 bridgehead atoms. The number of halogens is 4. The van der Waals surface area contributed by atoms with Gasteiger partial charge in [0.15, 0.2) is 0 Å². The first-order valence-electron chi connectivity index (χ1n) is 11.2. The third-order valence-corrected chi connectivity index (χ3v) is 7.39. The first kappa shape index (κ1) is 23.4. The SMILES string of the molecule is OCC(N1CCC[C@@H](COc2ccc(C(F)(F)F)cc2)C1)C1(c2ccc(Cl)cc2)CCC1. The molecule has 1 unspecified atom stereocenters. The maximum atomic E-state index is 12.7. The lowest BCUT2D eigenvalue weighted by atomic mass is 9.59. The van der Waals surface area contributed by atoms with Crippen LogP contribution >= 0.6 is 11.6 Å². The summed E-state index contributed by atoms with van der Waals surface area (Å²) >= 11 is 6.09. The molecule has 1 N–H and O–H groups in total. The van der Waals surface area contributed by atoms with Gasteiger partial charge in [-0.25, -0.2) is 0 Å². The summed E-state index contributed by atoms with van der Waals surface area (Å²) in [7, 11) is 0. The Bertz CT molecular complexity index is 882. The van der Waals surface area contributed by atoms with Crippen molar-refractivity contribution in [2.24, 2.45) is 5.92 Å². The third-order valence-electron chi connectivity index (χ3n) is 7.13. The van der Waals surface area contributed by atoms with Crippen LogP contribution in [0.15, 0.2) is 48.5 Å². The standard InChI is InChI=1S/C25H29ClF3NO2/c26-21-8-4-19(5-9-21)24(12-2-13-24)23(16-31)30-14-1-3-18(15-30)17-32-22-10-6-20(7-11-22)25(27,28)29/h4-11,18,23,31H,1-3,12-17H2/t18-,23?/m1/s1. The molecule has 1 aliphatic carbocycles. The van der Waals surface area contributed by atoms with Crippen molar-refractivity contribution in [3.63, 3.8) is 0 Å². The third kappa shape index (κ3) is 4.92. The number of hydrogen-bond donors (Lipinski definition) is 1. The van der Waals surface area contributed by atoms with Crippen LogP contribution in [0.4, 0.5) is 13.2 Å². The van der Waals surface area contributed by atoms with E-state index in [-0.39, 0.29) is 24.0 Å². The largest absolute Gasteiger partial charge is 0.493 e. The second-order valence-corrected chi connectivity index (χ2v) is 9.49. The van der Waals surface area contributed by atoms with Crippen LogP contribution in [0.2, 0.25) is 5.02 Å². The number of rotatable bonds is 7. The molecule has 4 rings (SSSR count). The van der Waals surface area contributed by atoms with Crippen molar-refractivity contribution >= 4 is 11.6 Å². The van der Waals surface area contributed by atoms with Crippen molar-refractivity contribution in [2.45, 2.75) is 49.7 Å². The van der Waals surface area contributed by atoms with E-state index < -0.39 is 11.7 Å². The fourth-order valence-corrected chi connectivity index (χ4v) is 5.39. The minimum Gasteiger partial charge on any atom is -0.493 e. The minimum absolute atomic E-state index is 0.0336.